The van der Waals surface area contributed by atoms with E-state index in [0.29, 0.717) is 5.56 Å². The highest BCUT2D eigenvalue weighted by Gasteiger charge is 2.04. The van der Waals surface area contributed by atoms with Gasteiger partial charge in [0.15, 0.2) is 0 Å². The van der Waals surface area contributed by atoms with Crippen LogP contribution in [0.5, 0.6) is 0 Å². The maximum Gasteiger partial charge on any atom is 0.356 e. The Kier molecular flexibility index (Phi) is 4.80. The molecule has 0 bridgehead atoms. The largest absolute Gasteiger partial charge is 0.367 e. The maximum atomic E-state index is 11.3. The fourth-order valence-electron chi connectivity index (χ4n) is 0.897. The molecular weight excluding hydrogens is 196 g/mol. The van der Waals surface area contributed by atoms with Crippen LogP contribution in [-0.2, 0) is 9.63 Å². The van der Waals surface area contributed by atoms with E-state index in [9.17, 15) is 9.59 Å². The Balaban J connectivity index is 2.28. The zero-order chi connectivity index (χ0) is 10.9. The van der Waals surface area contributed by atoms with Gasteiger partial charge < -0.3 is 4.84 Å². The molecule has 0 saturated heterocycles. The first-order chi connectivity index (χ1) is 7.34. The lowest BCUT2D eigenvalue weighted by Gasteiger charge is -2.03. The lowest BCUT2D eigenvalue weighted by Crippen LogP contribution is -2.22. The van der Waals surface area contributed by atoms with Gasteiger partial charge >= 0.3 is 5.97 Å². The highest BCUT2D eigenvalue weighted by molar-refractivity contribution is 5.89. The fourth-order valence-corrected chi connectivity index (χ4v) is 0.897. The molecule has 0 aliphatic heterocycles. The Morgan fingerprint density at radius 2 is 2.13 bits per heavy atom. The molecule has 0 aromatic heterocycles. The van der Waals surface area contributed by atoms with E-state index in [2.05, 4.69) is 10.5 Å². The summed E-state index contributed by atoms with van der Waals surface area (Å²) in [6.07, 6.45) is 1.38. The summed E-state index contributed by atoms with van der Waals surface area (Å²) in [7, 11) is 0. The third kappa shape index (κ3) is 4.17. The van der Waals surface area contributed by atoms with E-state index in [1.807, 2.05) is 6.07 Å². The molecule has 0 aliphatic carbocycles. The van der Waals surface area contributed by atoms with Crippen molar-refractivity contribution in [3.8, 4) is 0 Å². The minimum Gasteiger partial charge on any atom is -0.367 e. The number of hydrogen-bond donors (Lipinski definition) is 1. The van der Waals surface area contributed by atoms with E-state index < -0.39 is 5.97 Å². The van der Waals surface area contributed by atoms with Crippen LogP contribution in [0.4, 0.5) is 0 Å². The molecule has 0 heterocycles. The molecule has 0 aliphatic rings. The van der Waals surface area contributed by atoms with Crippen molar-refractivity contribution in [2.75, 3.05) is 13.1 Å². The number of carbonyl (C=O) groups excluding carboxylic acids is 2. The standard InChI is InChI=1S/C10H10N2O3/c13-8-11-6-7-12-15-10(14)9-4-2-1-3-5-9/h1-5,12H,6-7H2. The molecule has 0 spiro atoms. The second-order valence-electron chi connectivity index (χ2n) is 2.62. The number of nitrogens with one attached hydrogen (secondary N) is 1. The second-order valence-corrected chi connectivity index (χ2v) is 2.62. The van der Waals surface area contributed by atoms with Crippen LogP contribution in [0, 0.1) is 0 Å². The molecule has 1 aromatic carbocycles. The molecule has 0 fully saturated rings. The van der Waals surface area contributed by atoms with E-state index in [0.717, 1.165) is 0 Å². The van der Waals surface area contributed by atoms with Crippen molar-refractivity contribution in [1.29, 1.82) is 0 Å². The van der Waals surface area contributed by atoms with E-state index >= 15 is 0 Å². The Morgan fingerprint density at radius 1 is 1.40 bits per heavy atom. The van der Waals surface area contributed by atoms with Crippen LogP contribution >= 0.6 is 0 Å². The molecule has 1 rings (SSSR count). The summed E-state index contributed by atoms with van der Waals surface area (Å²) < 4.78 is 0. The lowest BCUT2D eigenvalue weighted by molar-refractivity contribution is 0.0261. The van der Waals surface area contributed by atoms with Gasteiger partial charge in [0, 0.05) is 0 Å². The topological polar surface area (TPSA) is 67.8 Å². The molecule has 78 valence electrons. The number of benzene rings is 1. The van der Waals surface area contributed by atoms with Crippen molar-refractivity contribution in [1.82, 2.24) is 5.48 Å². The first-order valence-corrected chi connectivity index (χ1v) is 4.37. The van der Waals surface area contributed by atoms with Crippen LogP contribution in [-0.4, -0.2) is 25.1 Å². The lowest BCUT2D eigenvalue weighted by atomic mass is 10.2. The molecule has 5 nitrogen and oxygen atoms in total. The maximum absolute atomic E-state index is 11.3. The average molecular weight is 206 g/mol. The van der Waals surface area contributed by atoms with Gasteiger partial charge in [-0.3, -0.25) is 0 Å². The van der Waals surface area contributed by atoms with Crippen LogP contribution in [0.2, 0.25) is 0 Å². The molecule has 0 atom stereocenters. The van der Waals surface area contributed by atoms with Crippen molar-refractivity contribution < 1.29 is 14.4 Å². The zero-order valence-electron chi connectivity index (χ0n) is 7.97. The van der Waals surface area contributed by atoms with Crippen molar-refractivity contribution in [3.05, 3.63) is 35.9 Å². The first-order valence-electron chi connectivity index (χ1n) is 4.37. The summed E-state index contributed by atoms with van der Waals surface area (Å²) in [5, 5.41) is 0. The van der Waals surface area contributed by atoms with Gasteiger partial charge in [-0.05, 0) is 12.1 Å². The van der Waals surface area contributed by atoms with Crippen LogP contribution in [0.15, 0.2) is 35.3 Å². The van der Waals surface area contributed by atoms with Crippen LogP contribution in [0.1, 0.15) is 10.4 Å². The molecular formula is C10H10N2O3. The van der Waals surface area contributed by atoms with E-state index in [1.165, 1.54) is 6.08 Å². The summed E-state index contributed by atoms with van der Waals surface area (Å²) in [4.78, 5) is 29.0. The third-order valence-electron chi connectivity index (χ3n) is 1.56. The van der Waals surface area contributed by atoms with Crippen LogP contribution < -0.4 is 5.48 Å². The summed E-state index contributed by atoms with van der Waals surface area (Å²) in [5.41, 5.74) is 2.86. The molecule has 1 N–H and O–H groups in total. The first kappa shape index (κ1) is 11.1. The van der Waals surface area contributed by atoms with Gasteiger partial charge in [0.1, 0.15) is 0 Å². The summed E-state index contributed by atoms with van der Waals surface area (Å²) in [6.45, 7) is 0.513. The minimum atomic E-state index is -0.467. The number of aliphatic imine (C=N–C) groups is 1. The van der Waals surface area contributed by atoms with Gasteiger partial charge in [-0.1, -0.05) is 18.2 Å². The Bertz CT molecular complexity index is 358. The van der Waals surface area contributed by atoms with Crippen LogP contribution in [0.3, 0.4) is 0 Å². The van der Waals surface area contributed by atoms with E-state index in [-0.39, 0.29) is 13.1 Å². The smallest absolute Gasteiger partial charge is 0.356 e. The van der Waals surface area contributed by atoms with Crippen molar-refractivity contribution in [2.45, 2.75) is 0 Å². The average Bonchev–Trinajstić information content (AvgIpc) is 2.30. The molecule has 0 radical (unpaired) electrons. The Labute approximate surface area is 86.7 Å². The SMILES string of the molecule is O=C=NCCNOC(=O)c1ccccc1. The monoisotopic (exact) mass is 206 g/mol. The normalized spacial score (nSPS) is 9.07. The van der Waals surface area contributed by atoms with Gasteiger partial charge in [0.25, 0.3) is 0 Å². The van der Waals surface area contributed by atoms with Crippen LogP contribution in [0.25, 0.3) is 0 Å². The van der Waals surface area contributed by atoms with Crippen molar-refractivity contribution in [2.24, 2.45) is 4.99 Å². The molecule has 0 amide bonds. The summed E-state index contributed by atoms with van der Waals surface area (Å²) >= 11 is 0. The van der Waals surface area contributed by atoms with Crippen molar-refractivity contribution >= 4 is 12.0 Å². The third-order valence-corrected chi connectivity index (χ3v) is 1.56. The Morgan fingerprint density at radius 3 is 2.80 bits per heavy atom. The van der Waals surface area contributed by atoms with Gasteiger partial charge in [-0.2, -0.15) is 5.48 Å². The quantitative estimate of drug-likeness (QED) is 0.333. The molecule has 5 heteroatoms. The summed E-state index contributed by atoms with van der Waals surface area (Å²) in [5.74, 6) is -0.467. The van der Waals surface area contributed by atoms with Gasteiger partial charge in [0.05, 0.1) is 18.7 Å². The predicted molar refractivity (Wildman–Crippen MR) is 52.8 cm³/mol. The van der Waals surface area contributed by atoms with E-state index in [4.69, 9.17) is 4.84 Å². The molecule has 0 unspecified atom stereocenters. The number of hydroxylamine groups is 1. The summed E-state index contributed by atoms with van der Waals surface area (Å²) in [6, 6.07) is 8.59. The minimum absolute atomic E-state index is 0.228. The fraction of sp³-hybridized carbons (Fsp3) is 0.200. The van der Waals surface area contributed by atoms with E-state index in [1.54, 1.807) is 24.3 Å². The number of nitrogens with zero attached hydrogens (tertiary/aromatic N) is 1. The van der Waals surface area contributed by atoms with Crippen molar-refractivity contribution in [3.63, 3.8) is 0 Å². The number of carbonyl (C=O) groups is 1. The van der Waals surface area contributed by atoms with Gasteiger partial charge in [0.2, 0.25) is 6.08 Å². The number of hydrogen-bond acceptors (Lipinski definition) is 5. The zero-order valence-corrected chi connectivity index (χ0v) is 7.97. The molecule has 1 aromatic rings. The molecule has 0 saturated carbocycles. The van der Waals surface area contributed by atoms with Gasteiger partial charge in [-0.25, -0.2) is 14.6 Å². The highest BCUT2D eigenvalue weighted by atomic mass is 16.7. The molecule has 15 heavy (non-hydrogen) atoms. The highest BCUT2D eigenvalue weighted by Crippen LogP contribution is 1.99. The number of rotatable bonds is 5. The predicted octanol–water partition coefficient (Wildman–Crippen LogP) is 0.684. The second kappa shape index (κ2) is 6.48. The Hall–Kier alpha value is -1.97. The van der Waals surface area contributed by atoms with Gasteiger partial charge in [-0.15, -0.1) is 0 Å². The number of isocyanates is 1.